The van der Waals surface area contributed by atoms with Crippen molar-refractivity contribution in [3.63, 3.8) is 0 Å². The maximum atomic E-state index is 9.10. The van der Waals surface area contributed by atoms with Gasteiger partial charge in [-0.25, -0.2) is 19.2 Å². The van der Waals surface area contributed by atoms with E-state index in [1.54, 1.807) is 0 Å². The third-order valence-electron chi connectivity index (χ3n) is 1.32. The lowest BCUT2D eigenvalue weighted by Gasteiger charge is -2.11. The quantitative estimate of drug-likeness (QED) is 0.257. The average Bonchev–Trinajstić information content (AvgIpc) is 2.32. The molecule has 0 radical (unpaired) electrons. The molecule has 0 amide bonds. The molecule has 10 nitrogen and oxygen atoms in total. The molecule has 0 atom stereocenters. The molecule has 0 unspecified atom stereocenters. The Morgan fingerprint density at radius 3 is 0.778 bits per heavy atom. The number of carboxylic acid groups (broad SMARTS) is 4. The lowest BCUT2D eigenvalue weighted by molar-refractivity contribution is -0.159. The Labute approximate surface area is 101 Å². The van der Waals surface area contributed by atoms with Crippen LogP contribution in [0.2, 0.25) is 0 Å². The largest absolute Gasteiger partial charge is 0.473 e. The van der Waals surface area contributed by atoms with Crippen LogP contribution in [0.3, 0.4) is 0 Å². The fraction of sp³-hybridized carbons (Fsp3) is 0.500. The number of aliphatic carboxylic acids is 4. The van der Waals surface area contributed by atoms with Crippen molar-refractivity contribution in [1.82, 2.24) is 10.6 Å². The zero-order chi connectivity index (χ0) is 14.6. The molecule has 1 heterocycles. The first kappa shape index (κ1) is 18.2. The molecular formula is C8H14N2O8. The second-order valence-corrected chi connectivity index (χ2v) is 2.72. The van der Waals surface area contributed by atoms with Gasteiger partial charge in [0, 0.05) is 26.2 Å². The number of piperazine rings is 1. The van der Waals surface area contributed by atoms with E-state index in [4.69, 9.17) is 39.6 Å². The summed E-state index contributed by atoms with van der Waals surface area (Å²) in [5, 5.41) is 36.0. The van der Waals surface area contributed by atoms with E-state index in [1.165, 1.54) is 0 Å². The fourth-order valence-corrected chi connectivity index (χ4v) is 0.604. The molecular weight excluding hydrogens is 252 g/mol. The van der Waals surface area contributed by atoms with E-state index in [2.05, 4.69) is 10.6 Å². The lowest BCUT2D eigenvalue weighted by Crippen LogP contribution is -2.39. The van der Waals surface area contributed by atoms with Gasteiger partial charge in [0.15, 0.2) is 0 Å². The summed E-state index contributed by atoms with van der Waals surface area (Å²) in [6, 6.07) is 0. The van der Waals surface area contributed by atoms with Crippen LogP contribution in [0.5, 0.6) is 0 Å². The molecule has 0 aromatic carbocycles. The molecule has 10 heteroatoms. The molecule has 0 spiro atoms. The standard InChI is InChI=1S/C4H10N2.2C2H2O4/c1-2-6-4-3-5-1;2*3-1(4)2(5)6/h5-6H,1-4H2;2*(H,3,4)(H,5,6). The minimum absolute atomic E-state index is 1.14. The van der Waals surface area contributed by atoms with Gasteiger partial charge in [-0.05, 0) is 0 Å². The minimum Gasteiger partial charge on any atom is -0.473 e. The van der Waals surface area contributed by atoms with Crippen LogP contribution in [0.15, 0.2) is 0 Å². The number of hydrogen-bond donors (Lipinski definition) is 6. The first-order chi connectivity index (χ1) is 8.29. The molecule has 0 aromatic rings. The predicted octanol–water partition coefficient (Wildman–Crippen LogP) is -2.51. The summed E-state index contributed by atoms with van der Waals surface area (Å²) in [7, 11) is 0. The van der Waals surface area contributed by atoms with Gasteiger partial charge in [0.1, 0.15) is 0 Å². The molecule has 1 rings (SSSR count). The minimum atomic E-state index is -1.82. The fourth-order valence-electron chi connectivity index (χ4n) is 0.604. The van der Waals surface area contributed by atoms with E-state index in [9.17, 15) is 0 Å². The van der Waals surface area contributed by atoms with Gasteiger partial charge in [0.2, 0.25) is 0 Å². The van der Waals surface area contributed by atoms with Crippen LogP contribution in [0.1, 0.15) is 0 Å². The van der Waals surface area contributed by atoms with Gasteiger partial charge in [-0.15, -0.1) is 0 Å². The third kappa shape index (κ3) is 16.2. The van der Waals surface area contributed by atoms with E-state index in [0.717, 1.165) is 26.2 Å². The molecule has 104 valence electrons. The van der Waals surface area contributed by atoms with Gasteiger partial charge in [0.25, 0.3) is 0 Å². The van der Waals surface area contributed by atoms with Crippen LogP contribution in [0.25, 0.3) is 0 Å². The van der Waals surface area contributed by atoms with Gasteiger partial charge < -0.3 is 31.1 Å². The molecule has 0 aliphatic carbocycles. The molecule has 1 aliphatic heterocycles. The highest BCUT2D eigenvalue weighted by atomic mass is 16.4. The zero-order valence-corrected chi connectivity index (χ0v) is 9.25. The molecule has 1 saturated heterocycles. The summed E-state index contributed by atoms with van der Waals surface area (Å²) in [4.78, 5) is 36.4. The maximum absolute atomic E-state index is 9.10. The summed E-state index contributed by atoms with van der Waals surface area (Å²) < 4.78 is 0. The summed E-state index contributed by atoms with van der Waals surface area (Å²) in [6.07, 6.45) is 0. The lowest BCUT2D eigenvalue weighted by atomic mass is 10.4. The van der Waals surface area contributed by atoms with Crippen LogP contribution in [-0.4, -0.2) is 70.5 Å². The Bertz CT molecular complexity index is 240. The van der Waals surface area contributed by atoms with Crippen molar-refractivity contribution in [2.75, 3.05) is 26.2 Å². The second kappa shape index (κ2) is 11.3. The van der Waals surface area contributed by atoms with Crippen molar-refractivity contribution < 1.29 is 39.6 Å². The molecule has 1 fully saturated rings. The van der Waals surface area contributed by atoms with Crippen molar-refractivity contribution in [2.45, 2.75) is 0 Å². The summed E-state index contributed by atoms with van der Waals surface area (Å²) in [5.74, 6) is -7.30. The van der Waals surface area contributed by atoms with Gasteiger partial charge >= 0.3 is 23.9 Å². The van der Waals surface area contributed by atoms with Gasteiger partial charge in [-0.3, -0.25) is 0 Å². The number of rotatable bonds is 0. The van der Waals surface area contributed by atoms with E-state index in [0.29, 0.717) is 0 Å². The molecule has 0 bridgehead atoms. The Balaban J connectivity index is 0. The summed E-state index contributed by atoms with van der Waals surface area (Å²) >= 11 is 0. The first-order valence-electron chi connectivity index (χ1n) is 4.63. The van der Waals surface area contributed by atoms with Crippen molar-refractivity contribution in [1.29, 1.82) is 0 Å². The molecule has 0 aromatic heterocycles. The molecule has 0 saturated carbocycles. The van der Waals surface area contributed by atoms with Crippen molar-refractivity contribution in [2.24, 2.45) is 0 Å². The predicted molar refractivity (Wildman–Crippen MR) is 56.3 cm³/mol. The second-order valence-electron chi connectivity index (χ2n) is 2.72. The van der Waals surface area contributed by atoms with E-state index < -0.39 is 23.9 Å². The summed E-state index contributed by atoms with van der Waals surface area (Å²) in [6.45, 7) is 4.56. The van der Waals surface area contributed by atoms with Crippen molar-refractivity contribution >= 4 is 23.9 Å². The number of carboxylic acids is 4. The van der Waals surface area contributed by atoms with Crippen molar-refractivity contribution in [3.8, 4) is 0 Å². The number of carbonyl (C=O) groups is 4. The van der Waals surface area contributed by atoms with E-state index in [1.807, 2.05) is 0 Å². The third-order valence-corrected chi connectivity index (χ3v) is 1.32. The van der Waals surface area contributed by atoms with Crippen LogP contribution in [0, 0.1) is 0 Å². The Morgan fingerprint density at radius 1 is 0.556 bits per heavy atom. The molecule has 18 heavy (non-hydrogen) atoms. The highest BCUT2D eigenvalue weighted by molar-refractivity contribution is 6.27. The normalized spacial score (nSPS) is 12.9. The average molecular weight is 266 g/mol. The molecule has 1 aliphatic rings. The van der Waals surface area contributed by atoms with Gasteiger partial charge in [-0.2, -0.15) is 0 Å². The van der Waals surface area contributed by atoms with Crippen LogP contribution in [0.4, 0.5) is 0 Å². The molecule has 6 N–H and O–H groups in total. The van der Waals surface area contributed by atoms with E-state index in [-0.39, 0.29) is 0 Å². The monoisotopic (exact) mass is 266 g/mol. The van der Waals surface area contributed by atoms with Gasteiger partial charge in [-0.1, -0.05) is 0 Å². The highest BCUT2D eigenvalue weighted by Crippen LogP contribution is 1.65. The topological polar surface area (TPSA) is 173 Å². The first-order valence-corrected chi connectivity index (χ1v) is 4.63. The van der Waals surface area contributed by atoms with Gasteiger partial charge in [0.05, 0.1) is 0 Å². The van der Waals surface area contributed by atoms with E-state index >= 15 is 0 Å². The highest BCUT2D eigenvalue weighted by Gasteiger charge is 2.04. The van der Waals surface area contributed by atoms with Crippen LogP contribution in [-0.2, 0) is 19.2 Å². The van der Waals surface area contributed by atoms with Crippen LogP contribution >= 0.6 is 0 Å². The Morgan fingerprint density at radius 2 is 0.722 bits per heavy atom. The smallest absolute Gasteiger partial charge is 0.414 e. The Hall–Kier alpha value is -2.20. The maximum Gasteiger partial charge on any atom is 0.414 e. The SMILES string of the molecule is C1CNCCN1.O=C(O)C(=O)O.O=C(O)C(=O)O. The zero-order valence-electron chi connectivity index (χ0n) is 9.25. The van der Waals surface area contributed by atoms with Crippen molar-refractivity contribution in [3.05, 3.63) is 0 Å². The summed E-state index contributed by atoms with van der Waals surface area (Å²) in [5.41, 5.74) is 0. The van der Waals surface area contributed by atoms with Crippen LogP contribution < -0.4 is 10.6 Å². The number of hydrogen-bond acceptors (Lipinski definition) is 6. The number of nitrogens with one attached hydrogen (secondary N) is 2. The Kier molecular flexibility index (Phi) is 11.4.